The van der Waals surface area contributed by atoms with E-state index >= 15 is 0 Å². The predicted octanol–water partition coefficient (Wildman–Crippen LogP) is 3.15. The lowest BCUT2D eigenvalue weighted by Gasteiger charge is -2.30. The van der Waals surface area contributed by atoms with Gasteiger partial charge in [0.1, 0.15) is 0 Å². The molecule has 1 N–H and O–H groups in total. The van der Waals surface area contributed by atoms with Crippen molar-refractivity contribution in [1.82, 2.24) is 5.32 Å². The van der Waals surface area contributed by atoms with Gasteiger partial charge in [0.05, 0.1) is 19.4 Å². The van der Waals surface area contributed by atoms with E-state index in [2.05, 4.69) is 19.2 Å². The number of carbonyl (C=O) groups excluding carboxylic acids is 2. The number of methoxy groups -OCH3 is 1. The van der Waals surface area contributed by atoms with E-state index in [4.69, 9.17) is 4.74 Å². The molecule has 1 amide bonds. The number of carbonyl (C=O) groups is 2. The summed E-state index contributed by atoms with van der Waals surface area (Å²) in [6, 6.07) is 0.221. The van der Waals surface area contributed by atoms with Crippen molar-refractivity contribution >= 4 is 11.9 Å². The summed E-state index contributed by atoms with van der Waals surface area (Å²) in [7, 11) is 1.37. The first-order valence-electron chi connectivity index (χ1n) is 8.24. The molecule has 0 unspecified atom stereocenters. The van der Waals surface area contributed by atoms with Crippen molar-refractivity contribution in [1.29, 1.82) is 0 Å². The first-order valence-corrected chi connectivity index (χ1v) is 8.24. The molecule has 0 bridgehead atoms. The summed E-state index contributed by atoms with van der Waals surface area (Å²) in [5.41, 5.74) is 0. The van der Waals surface area contributed by atoms with Crippen LogP contribution in [0.15, 0.2) is 0 Å². The highest BCUT2D eigenvalue weighted by Crippen LogP contribution is 2.31. The minimum Gasteiger partial charge on any atom is -0.469 e. The van der Waals surface area contributed by atoms with E-state index in [-0.39, 0.29) is 36.2 Å². The third-order valence-corrected chi connectivity index (χ3v) is 4.69. The van der Waals surface area contributed by atoms with Gasteiger partial charge in [-0.1, -0.05) is 40.5 Å². The first kappa shape index (κ1) is 18.0. The Bertz CT molecular complexity index is 346. The van der Waals surface area contributed by atoms with Gasteiger partial charge < -0.3 is 10.1 Å². The van der Waals surface area contributed by atoms with Gasteiger partial charge in [-0.25, -0.2) is 0 Å². The van der Waals surface area contributed by atoms with Crippen molar-refractivity contribution in [3.8, 4) is 0 Å². The zero-order valence-electron chi connectivity index (χ0n) is 14.1. The van der Waals surface area contributed by atoms with E-state index in [1.807, 2.05) is 13.8 Å². The van der Waals surface area contributed by atoms with Gasteiger partial charge in [-0.3, -0.25) is 9.59 Å². The van der Waals surface area contributed by atoms with E-state index < -0.39 is 0 Å². The van der Waals surface area contributed by atoms with Gasteiger partial charge in [0.15, 0.2) is 0 Å². The number of hydrogen-bond acceptors (Lipinski definition) is 3. The summed E-state index contributed by atoms with van der Waals surface area (Å²) in [5.74, 6) is 0.510. The molecular formula is C17H31NO3. The number of amides is 1. The maximum atomic E-state index is 12.6. The lowest BCUT2D eigenvalue weighted by molar-refractivity contribution is -0.145. The van der Waals surface area contributed by atoms with Gasteiger partial charge in [0.25, 0.3) is 0 Å². The zero-order chi connectivity index (χ0) is 16.0. The van der Waals surface area contributed by atoms with Crippen LogP contribution in [0.4, 0.5) is 0 Å². The molecule has 4 heteroatoms. The second-order valence-corrected chi connectivity index (χ2v) is 6.95. The topological polar surface area (TPSA) is 55.4 Å². The Labute approximate surface area is 129 Å². The number of esters is 1. The van der Waals surface area contributed by atoms with Crippen LogP contribution in [0.1, 0.15) is 59.8 Å². The van der Waals surface area contributed by atoms with Crippen LogP contribution in [-0.2, 0) is 14.3 Å². The summed E-state index contributed by atoms with van der Waals surface area (Å²) >= 11 is 0. The van der Waals surface area contributed by atoms with Gasteiger partial charge in [0, 0.05) is 6.04 Å². The van der Waals surface area contributed by atoms with Gasteiger partial charge in [-0.15, -0.1) is 0 Å². The molecule has 0 aromatic carbocycles. The number of hydrogen-bond donors (Lipinski definition) is 1. The van der Waals surface area contributed by atoms with Crippen LogP contribution in [0, 0.1) is 23.7 Å². The molecule has 122 valence electrons. The largest absolute Gasteiger partial charge is 0.469 e. The van der Waals surface area contributed by atoms with Gasteiger partial charge in [-0.2, -0.15) is 0 Å². The Hall–Kier alpha value is -1.06. The Morgan fingerprint density at radius 3 is 2.10 bits per heavy atom. The van der Waals surface area contributed by atoms with Crippen LogP contribution in [0.2, 0.25) is 0 Å². The fourth-order valence-corrected chi connectivity index (χ4v) is 3.31. The molecule has 0 aromatic heterocycles. The average molecular weight is 297 g/mol. The van der Waals surface area contributed by atoms with Gasteiger partial charge in [0.2, 0.25) is 5.91 Å². The third-order valence-electron chi connectivity index (χ3n) is 4.69. The maximum Gasteiger partial charge on any atom is 0.306 e. The maximum absolute atomic E-state index is 12.6. The normalized spacial score (nSPS) is 18.8. The monoisotopic (exact) mass is 297 g/mol. The molecule has 0 radical (unpaired) electrons. The van der Waals surface area contributed by atoms with Crippen LogP contribution in [0.25, 0.3) is 0 Å². The molecular weight excluding hydrogens is 266 g/mol. The van der Waals surface area contributed by atoms with Crippen LogP contribution in [0.5, 0.6) is 0 Å². The van der Waals surface area contributed by atoms with Crippen molar-refractivity contribution in [3.63, 3.8) is 0 Å². The van der Waals surface area contributed by atoms with Crippen molar-refractivity contribution in [3.05, 3.63) is 0 Å². The van der Waals surface area contributed by atoms with Crippen LogP contribution in [-0.4, -0.2) is 25.0 Å². The molecule has 1 rings (SSSR count). The van der Waals surface area contributed by atoms with Crippen molar-refractivity contribution < 1.29 is 14.3 Å². The number of rotatable bonds is 7. The van der Waals surface area contributed by atoms with E-state index in [0.29, 0.717) is 11.8 Å². The quantitative estimate of drug-likeness (QED) is 0.734. The summed E-state index contributed by atoms with van der Waals surface area (Å²) in [4.78, 5) is 24.1. The Morgan fingerprint density at radius 1 is 1.10 bits per heavy atom. The fraction of sp³-hybridized carbons (Fsp3) is 0.882. The Kier molecular flexibility index (Phi) is 7.20. The van der Waals surface area contributed by atoms with Gasteiger partial charge >= 0.3 is 5.97 Å². The molecule has 1 fully saturated rings. The molecule has 0 saturated heterocycles. The highest BCUT2D eigenvalue weighted by atomic mass is 16.5. The minimum absolute atomic E-state index is 0.000926. The molecule has 0 heterocycles. The molecule has 0 aliphatic heterocycles. The molecule has 0 spiro atoms. The van der Waals surface area contributed by atoms with Crippen molar-refractivity contribution in [2.24, 2.45) is 23.7 Å². The smallest absolute Gasteiger partial charge is 0.306 e. The predicted molar refractivity (Wildman–Crippen MR) is 83.7 cm³/mol. The Morgan fingerprint density at radius 2 is 1.67 bits per heavy atom. The molecule has 1 aliphatic carbocycles. The van der Waals surface area contributed by atoms with Crippen molar-refractivity contribution in [2.45, 2.75) is 65.8 Å². The van der Waals surface area contributed by atoms with Crippen LogP contribution >= 0.6 is 0 Å². The highest BCUT2D eigenvalue weighted by molar-refractivity contribution is 5.84. The van der Waals surface area contributed by atoms with E-state index in [1.165, 1.54) is 32.8 Å². The van der Waals surface area contributed by atoms with E-state index in [1.54, 1.807) is 0 Å². The third kappa shape index (κ3) is 5.33. The standard InChI is InChI=1S/C17H31NO3/c1-11(2)14(10-15(19)21-5)17(20)18-16(12(3)4)13-8-6-7-9-13/h11-14,16H,6-10H2,1-5H3,(H,18,20)/t14-,16-/m1/s1. The summed E-state index contributed by atoms with van der Waals surface area (Å²) < 4.78 is 4.71. The SMILES string of the molecule is COC(=O)C[C@@H](C(=O)N[C@H](C(C)C)C1CCCC1)C(C)C. The Balaban J connectivity index is 2.70. The molecule has 2 atom stereocenters. The highest BCUT2D eigenvalue weighted by Gasteiger charge is 2.32. The molecule has 4 nitrogen and oxygen atoms in total. The molecule has 21 heavy (non-hydrogen) atoms. The summed E-state index contributed by atoms with van der Waals surface area (Å²) in [5, 5.41) is 3.22. The summed E-state index contributed by atoms with van der Waals surface area (Å²) in [6.45, 7) is 8.28. The average Bonchev–Trinajstić information content (AvgIpc) is 2.94. The van der Waals surface area contributed by atoms with Crippen LogP contribution < -0.4 is 5.32 Å². The second-order valence-electron chi connectivity index (χ2n) is 6.95. The van der Waals surface area contributed by atoms with Crippen LogP contribution in [0.3, 0.4) is 0 Å². The number of nitrogens with one attached hydrogen (secondary N) is 1. The lowest BCUT2D eigenvalue weighted by atomic mass is 9.86. The van der Waals surface area contributed by atoms with Crippen molar-refractivity contribution in [2.75, 3.05) is 7.11 Å². The summed E-state index contributed by atoms with van der Waals surface area (Å²) in [6.07, 6.45) is 5.09. The molecule has 1 saturated carbocycles. The second kappa shape index (κ2) is 8.40. The van der Waals surface area contributed by atoms with E-state index in [0.717, 1.165) is 0 Å². The number of ether oxygens (including phenoxy) is 1. The fourth-order valence-electron chi connectivity index (χ4n) is 3.31. The minimum atomic E-state index is -0.314. The molecule has 0 aromatic rings. The zero-order valence-corrected chi connectivity index (χ0v) is 14.1. The molecule has 1 aliphatic rings. The first-order chi connectivity index (χ1) is 9.86. The van der Waals surface area contributed by atoms with E-state index in [9.17, 15) is 9.59 Å². The lowest BCUT2D eigenvalue weighted by Crippen LogP contribution is -2.47. The van der Waals surface area contributed by atoms with Gasteiger partial charge in [-0.05, 0) is 30.6 Å².